The molecule has 0 aliphatic carbocycles. The van der Waals surface area contributed by atoms with Crippen molar-refractivity contribution >= 4 is 6.16 Å². The molecule has 182 valence electrons. The van der Waals surface area contributed by atoms with Gasteiger partial charge >= 0.3 is 6.16 Å². The molecule has 0 fully saturated rings. The minimum Gasteiger partial charge on any atom is -0.450 e. The van der Waals surface area contributed by atoms with Crippen LogP contribution in [0.25, 0.3) is 0 Å². The number of carboxylic acid groups (broad SMARTS) is 1. The first-order valence-electron chi connectivity index (χ1n) is 13.2. The third-order valence-electron chi connectivity index (χ3n) is 6.50. The molecule has 0 bridgehead atoms. The monoisotopic (exact) mass is 452 g/mol. The van der Waals surface area contributed by atoms with E-state index < -0.39 is 6.16 Å². The Morgan fingerprint density at radius 1 is 0.758 bits per heavy atom. The third kappa shape index (κ3) is 10.5. The minimum absolute atomic E-state index is 0.353. The maximum absolute atomic E-state index is 11.5. The van der Waals surface area contributed by atoms with Gasteiger partial charge in [0.15, 0.2) is 0 Å². The van der Waals surface area contributed by atoms with Crippen LogP contribution in [0.3, 0.4) is 0 Å². The van der Waals surface area contributed by atoms with Crippen molar-refractivity contribution in [2.75, 3.05) is 0 Å². The molecular weight excluding hydrogens is 408 g/mol. The van der Waals surface area contributed by atoms with Gasteiger partial charge in [-0.1, -0.05) is 101 Å². The second-order valence-electron chi connectivity index (χ2n) is 9.21. The van der Waals surface area contributed by atoms with Gasteiger partial charge in [0.2, 0.25) is 0 Å². The molecule has 0 amide bonds. The van der Waals surface area contributed by atoms with E-state index in [0.717, 1.165) is 69.8 Å². The van der Waals surface area contributed by atoms with E-state index in [4.69, 9.17) is 4.74 Å². The van der Waals surface area contributed by atoms with Gasteiger partial charge in [0.05, 0.1) is 0 Å². The normalized spacial score (nSPS) is 11.9. The van der Waals surface area contributed by atoms with Crippen LogP contribution in [0, 0.1) is 0 Å². The third-order valence-corrected chi connectivity index (χ3v) is 6.50. The first kappa shape index (κ1) is 27.0. The lowest BCUT2D eigenvalue weighted by molar-refractivity contribution is 0.0460. The summed E-state index contributed by atoms with van der Waals surface area (Å²) in [7, 11) is 0. The van der Waals surface area contributed by atoms with Crippen molar-refractivity contribution in [3.8, 4) is 0 Å². The summed E-state index contributed by atoms with van der Waals surface area (Å²) in [6.45, 7) is 4.42. The summed E-state index contributed by atoms with van der Waals surface area (Å²) >= 11 is 0. The Bertz CT molecular complexity index is 784. The lowest BCUT2D eigenvalue weighted by Gasteiger charge is -2.22. The number of unbranched alkanes of at least 4 members (excludes halogenated alkanes) is 7. The average Bonchev–Trinajstić information content (AvgIpc) is 2.82. The van der Waals surface area contributed by atoms with Crippen molar-refractivity contribution in [3.05, 3.63) is 70.8 Å². The van der Waals surface area contributed by atoms with Crippen molar-refractivity contribution in [2.45, 2.75) is 110 Å². The number of hydrogen-bond donors (Lipinski definition) is 1. The zero-order valence-electron chi connectivity index (χ0n) is 20.9. The quantitative estimate of drug-likeness (QED) is 0.192. The fourth-order valence-electron chi connectivity index (χ4n) is 4.63. The molecule has 3 heteroatoms. The molecule has 0 radical (unpaired) electrons. The van der Waals surface area contributed by atoms with Gasteiger partial charge in [-0.15, -0.1) is 0 Å². The standard InChI is InChI=1S/C30H44O3/c1-3-5-20-26-21-16-23-28(27(26)22-6-4-2)29(33-30(31)32)24-15-10-8-7-9-12-17-25-18-13-11-14-19-25/h11,13-14,16,18-19,21,23,29H,3-10,12,15,17,20,22,24H2,1-2H3,(H,31,32). The van der Waals surface area contributed by atoms with E-state index >= 15 is 0 Å². The largest absolute Gasteiger partial charge is 0.506 e. The number of aryl methyl sites for hydroxylation is 2. The van der Waals surface area contributed by atoms with Crippen LogP contribution < -0.4 is 0 Å². The smallest absolute Gasteiger partial charge is 0.450 e. The maximum Gasteiger partial charge on any atom is 0.506 e. The molecule has 0 saturated carbocycles. The van der Waals surface area contributed by atoms with Gasteiger partial charge in [0.1, 0.15) is 6.10 Å². The van der Waals surface area contributed by atoms with E-state index in [1.807, 2.05) is 0 Å². The predicted molar refractivity (Wildman–Crippen MR) is 138 cm³/mol. The zero-order valence-corrected chi connectivity index (χ0v) is 20.9. The number of ether oxygens (including phenoxy) is 1. The fraction of sp³-hybridized carbons (Fsp3) is 0.567. The van der Waals surface area contributed by atoms with Crippen molar-refractivity contribution in [3.63, 3.8) is 0 Å². The molecule has 1 N–H and O–H groups in total. The van der Waals surface area contributed by atoms with E-state index in [1.54, 1.807) is 0 Å². The Labute approximate surface area is 201 Å². The molecule has 0 aromatic heterocycles. The molecule has 0 spiro atoms. The number of hydrogen-bond acceptors (Lipinski definition) is 2. The van der Waals surface area contributed by atoms with E-state index in [0.29, 0.717) is 0 Å². The second kappa shape index (κ2) is 16.3. The van der Waals surface area contributed by atoms with Crippen LogP contribution in [-0.2, 0) is 24.0 Å². The highest BCUT2D eigenvalue weighted by Gasteiger charge is 2.21. The van der Waals surface area contributed by atoms with E-state index in [1.165, 1.54) is 42.4 Å². The Morgan fingerprint density at radius 2 is 1.42 bits per heavy atom. The molecule has 33 heavy (non-hydrogen) atoms. The van der Waals surface area contributed by atoms with Gasteiger partial charge in [0.25, 0.3) is 0 Å². The molecule has 3 nitrogen and oxygen atoms in total. The molecule has 0 saturated heterocycles. The molecule has 0 aliphatic rings. The molecule has 1 atom stereocenters. The van der Waals surface area contributed by atoms with E-state index in [9.17, 15) is 9.90 Å². The summed E-state index contributed by atoms with van der Waals surface area (Å²) in [5.74, 6) is 0. The first-order valence-corrected chi connectivity index (χ1v) is 13.2. The Kier molecular flexibility index (Phi) is 13.4. The van der Waals surface area contributed by atoms with Gasteiger partial charge in [-0.2, -0.15) is 0 Å². The van der Waals surface area contributed by atoms with Gasteiger partial charge < -0.3 is 9.84 Å². The lowest BCUT2D eigenvalue weighted by Crippen LogP contribution is -2.13. The molecule has 2 aromatic rings. The Morgan fingerprint density at radius 3 is 2.12 bits per heavy atom. The number of benzene rings is 2. The molecule has 0 aliphatic heterocycles. The summed E-state index contributed by atoms with van der Waals surface area (Å²) in [4.78, 5) is 11.5. The molecular formula is C30H44O3. The zero-order chi connectivity index (χ0) is 23.7. The van der Waals surface area contributed by atoms with Crippen LogP contribution in [0.4, 0.5) is 4.79 Å². The highest BCUT2D eigenvalue weighted by atomic mass is 16.7. The highest BCUT2D eigenvalue weighted by molar-refractivity contribution is 5.57. The lowest BCUT2D eigenvalue weighted by atomic mass is 9.89. The topological polar surface area (TPSA) is 46.5 Å². The summed E-state index contributed by atoms with van der Waals surface area (Å²) in [5, 5.41) is 9.39. The number of rotatable bonds is 17. The van der Waals surface area contributed by atoms with Crippen LogP contribution >= 0.6 is 0 Å². The second-order valence-corrected chi connectivity index (χ2v) is 9.21. The molecule has 2 aromatic carbocycles. The maximum atomic E-state index is 11.5. The van der Waals surface area contributed by atoms with Crippen molar-refractivity contribution in [2.24, 2.45) is 0 Å². The Hall–Kier alpha value is -2.29. The molecule has 0 heterocycles. The summed E-state index contributed by atoms with van der Waals surface area (Å²) in [5.41, 5.74) is 5.23. The van der Waals surface area contributed by atoms with E-state index in [2.05, 4.69) is 62.4 Å². The van der Waals surface area contributed by atoms with Gasteiger partial charge in [-0.25, -0.2) is 4.79 Å². The van der Waals surface area contributed by atoms with Gasteiger partial charge in [-0.3, -0.25) is 0 Å². The molecule has 2 rings (SSSR count). The van der Waals surface area contributed by atoms with Gasteiger partial charge in [-0.05, 0) is 73.6 Å². The van der Waals surface area contributed by atoms with Crippen LogP contribution in [0.1, 0.15) is 113 Å². The van der Waals surface area contributed by atoms with Crippen LogP contribution in [0.5, 0.6) is 0 Å². The van der Waals surface area contributed by atoms with Crippen molar-refractivity contribution in [1.82, 2.24) is 0 Å². The predicted octanol–water partition coefficient (Wildman–Crippen LogP) is 9.08. The van der Waals surface area contributed by atoms with Crippen LogP contribution in [0.15, 0.2) is 48.5 Å². The molecule has 1 unspecified atom stereocenters. The average molecular weight is 453 g/mol. The Balaban J connectivity index is 1.87. The van der Waals surface area contributed by atoms with Crippen LogP contribution in [0.2, 0.25) is 0 Å². The summed E-state index contributed by atoms with van der Waals surface area (Å²) in [6.07, 6.45) is 14.1. The van der Waals surface area contributed by atoms with Crippen LogP contribution in [-0.4, -0.2) is 11.3 Å². The summed E-state index contributed by atoms with van der Waals surface area (Å²) < 4.78 is 5.43. The van der Waals surface area contributed by atoms with E-state index in [-0.39, 0.29) is 6.10 Å². The fourth-order valence-corrected chi connectivity index (χ4v) is 4.63. The number of carbonyl (C=O) groups is 1. The van der Waals surface area contributed by atoms with Gasteiger partial charge in [0, 0.05) is 0 Å². The first-order chi connectivity index (χ1) is 16.2. The SMILES string of the molecule is CCCCc1cccc(C(CCCCCCCCc2ccccc2)OC(=O)O)c1CCCC. The van der Waals surface area contributed by atoms with Crippen molar-refractivity contribution in [1.29, 1.82) is 0 Å². The minimum atomic E-state index is -1.17. The van der Waals surface area contributed by atoms with Crippen molar-refractivity contribution < 1.29 is 14.6 Å². The summed E-state index contributed by atoms with van der Waals surface area (Å²) in [6, 6.07) is 17.1. The highest BCUT2D eigenvalue weighted by Crippen LogP contribution is 2.31.